The Balaban J connectivity index is 1.45. The van der Waals surface area contributed by atoms with Crippen LogP contribution < -0.4 is 9.62 Å². The van der Waals surface area contributed by atoms with Crippen LogP contribution in [-0.2, 0) is 16.4 Å². The highest BCUT2D eigenvalue weighted by Gasteiger charge is 2.36. The van der Waals surface area contributed by atoms with Crippen molar-refractivity contribution >= 4 is 48.3 Å². The molecule has 1 aliphatic rings. The number of aromatic nitrogens is 1. The average Bonchev–Trinajstić information content (AvgIpc) is 3.34. The number of amides is 1. The monoisotopic (exact) mass is 463 g/mol. The Labute approximate surface area is 190 Å². The van der Waals surface area contributed by atoms with E-state index in [9.17, 15) is 13.2 Å². The summed E-state index contributed by atoms with van der Waals surface area (Å²) in [7, 11) is -3.82. The first-order valence-electron chi connectivity index (χ1n) is 10.2. The Morgan fingerprint density at radius 2 is 1.88 bits per heavy atom. The molecule has 0 spiro atoms. The van der Waals surface area contributed by atoms with E-state index in [2.05, 4.69) is 10.3 Å². The zero-order chi connectivity index (χ0) is 22.5. The van der Waals surface area contributed by atoms with Crippen molar-refractivity contribution in [2.75, 3.05) is 9.62 Å². The fourth-order valence-electron chi connectivity index (χ4n) is 4.12. The number of carbonyl (C=O) groups excluding carboxylic acids is 1. The molecule has 0 unspecified atom stereocenters. The topological polar surface area (TPSA) is 79.4 Å². The van der Waals surface area contributed by atoms with Crippen LogP contribution in [-0.4, -0.2) is 25.4 Å². The predicted molar refractivity (Wildman–Crippen MR) is 128 cm³/mol. The third-order valence-corrected chi connectivity index (χ3v) is 8.50. The van der Waals surface area contributed by atoms with Gasteiger partial charge in [0.1, 0.15) is 0 Å². The summed E-state index contributed by atoms with van der Waals surface area (Å²) in [4.78, 5) is 17.5. The van der Waals surface area contributed by atoms with Crippen LogP contribution in [0.3, 0.4) is 0 Å². The fraction of sp³-hybridized carbons (Fsp3) is 0.167. The molecule has 0 saturated heterocycles. The van der Waals surface area contributed by atoms with Gasteiger partial charge in [-0.15, -0.1) is 0 Å². The summed E-state index contributed by atoms with van der Waals surface area (Å²) >= 11 is 1.39. The number of anilines is 2. The van der Waals surface area contributed by atoms with E-state index in [1.54, 1.807) is 12.1 Å². The van der Waals surface area contributed by atoms with Gasteiger partial charge < -0.3 is 0 Å². The van der Waals surface area contributed by atoms with E-state index in [-0.39, 0.29) is 16.5 Å². The number of fused-ring (bicyclic) bond motifs is 2. The molecule has 6 nitrogen and oxygen atoms in total. The second-order valence-corrected chi connectivity index (χ2v) is 10.8. The number of hydrogen-bond acceptors (Lipinski definition) is 5. The van der Waals surface area contributed by atoms with E-state index >= 15 is 0 Å². The number of nitrogens with zero attached hydrogens (tertiary/aromatic N) is 2. The van der Waals surface area contributed by atoms with Gasteiger partial charge in [-0.05, 0) is 61.7 Å². The van der Waals surface area contributed by atoms with Crippen LogP contribution in [0, 0.1) is 6.92 Å². The molecule has 2 heterocycles. The number of benzene rings is 3. The van der Waals surface area contributed by atoms with Crippen LogP contribution in [0.5, 0.6) is 0 Å². The normalized spacial score (nSPS) is 15.7. The Morgan fingerprint density at radius 3 is 2.69 bits per heavy atom. The molecule has 0 radical (unpaired) electrons. The number of aryl methyl sites for hydroxylation is 1. The van der Waals surface area contributed by atoms with E-state index in [4.69, 9.17) is 0 Å². The zero-order valence-electron chi connectivity index (χ0n) is 17.6. The Hall–Kier alpha value is -3.23. The van der Waals surface area contributed by atoms with Crippen molar-refractivity contribution in [3.05, 3.63) is 83.4 Å². The molecule has 1 aliphatic heterocycles. The third kappa shape index (κ3) is 3.45. The smallest absolute Gasteiger partial charge is 0.264 e. The number of sulfonamides is 1. The molecule has 1 atom stereocenters. The molecule has 4 aromatic rings. The summed E-state index contributed by atoms with van der Waals surface area (Å²) < 4.78 is 29.4. The molecule has 1 amide bonds. The average molecular weight is 464 g/mol. The van der Waals surface area contributed by atoms with Crippen LogP contribution in [0.2, 0.25) is 0 Å². The Bertz CT molecular complexity index is 1460. The lowest BCUT2D eigenvalue weighted by Crippen LogP contribution is -2.35. The molecule has 1 N–H and O–H groups in total. The molecule has 3 aromatic carbocycles. The number of carbonyl (C=O) groups is 1. The van der Waals surface area contributed by atoms with Crippen LogP contribution in [0.4, 0.5) is 10.8 Å². The summed E-state index contributed by atoms with van der Waals surface area (Å²) in [6.07, 6.45) is 0.659. The number of hydrogen-bond donors (Lipinski definition) is 1. The SMILES string of the molecule is Cc1cccc2sc(NC(=O)c3cccc(S(=O)(=O)N4c5ccccc5C[C@H]4C)c3)nc12. The minimum atomic E-state index is -3.82. The first kappa shape index (κ1) is 20.7. The molecule has 162 valence electrons. The molecule has 0 saturated carbocycles. The van der Waals surface area contributed by atoms with Gasteiger partial charge in [0, 0.05) is 11.6 Å². The second-order valence-electron chi connectivity index (χ2n) is 7.91. The standard InChI is InChI=1S/C24H21N3O3S2/c1-15-7-5-12-21-22(15)25-24(31-21)26-23(28)18-9-6-10-19(14-18)32(29,30)27-16(2)13-17-8-3-4-11-20(17)27/h3-12,14,16H,13H2,1-2H3,(H,25,26,28)/t16-/m1/s1. The molecule has 32 heavy (non-hydrogen) atoms. The Kier molecular flexibility index (Phi) is 4.98. The molecule has 8 heteroatoms. The van der Waals surface area contributed by atoms with Gasteiger partial charge in [-0.2, -0.15) is 0 Å². The molecule has 1 aromatic heterocycles. The first-order chi connectivity index (χ1) is 15.3. The minimum absolute atomic E-state index is 0.0915. The summed E-state index contributed by atoms with van der Waals surface area (Å²) in [5.41, 5.74) is 3.85. The third-order valence-electron chi connectivity index (χ3n) is 5.64. The van der Waals surface area contributed by atoms with Crippen molar-refractivity contribution in [3.8, 4) is 0 Å². The first-order valence-corrected chi connectivity index (χ1v) is 12.5. The zero-order valence-corrected chi connectivity index (χ0v) is 19.2. The van der Waals surface area contributed by atoms with Crippen molar-refractivity contribution in [3.63, 3.8) is 0 Å². The fourth-order valence-corrected chi connectivity index (χ4v) is 6.80. The van der Waals surface area contributed by atoms with Crippen molar-refractivity contribution in [1.29, 1.82) is 0 Å². The number of rotatable bonds is 4. The second kappa shape index (κ2) is 7.72. The molecule has 0 aliphatic carbocycles. The number of thiazole rings is 1. The summed E-state index contributed by atoms with van der Waals surface area (Å²) in [6, 6.07) is 19.4. The molecular formula is C24H21N3O3S2. The molecule has 5 rings (SSSR count). The van der Waals surface area contributed by atoms with E-state index in [0.717, 1.165) is 21.3 Å². The quantitative estimate of drug-likeness (QED) is 0.462. The molecule has 0 fully saturated rings. The number of para-hydroxylation sites is 2. The van der Waals surface area contributed by atoms with Crippen LogP contribution in [0.15, 0.2) is 71.6 Å². The lowest BCUT2D eigenvalue weighted by atomic mass is 10.1. The molecular weight excluding hydrogens is 442 g/mol. The van der Waals surface area contributed by atoms with Gasteiger partial charge in [0.15, 0.2) is 5.13 Å². The van der Waals surface area contributed by atoms with E-state index in [1.807, 2.05) is 56.3 Å². The van der Waals surface area contributed by atoms with Gasteiger partial charge in [0.25, 0.3) is 15.9 Å². The lowest BCUT2D eigenvalue weighted by Gasteiger charge is -2.24. The van der Waals surface area contributed by atoms with Gasteiger partial charge >= 0.3 is 0 Å². The summed E-state index contributed by atoms with van der Waals surface area (Å²) in [5.74, 6) is -0.395. The lowest BCUT2D eigenvalue weighted by molar-refractivity contribution is 0.102. The van der Waals surface area contributed by atoms with Gasteiger partial charge in [0.05, 0.1) is 20.8 Å². The van der Waals surface area contributed by atoms with Crippen molar-refractivity contribution in [2.45, 2.75) is 31.2 Å². The highest BCUT2D eigenvalue weighted by Crippen LogP contribution is 2.36. The van der Waals surface area contributed by atoms with Gasteiger partial charge in [0.2, 0.25) is 0 Å². The van der Waals surface area contributed by atoms with Crippen molar-refractivity contribution in [2.24, 2.45) is 0 Å². The van der Waals surface area contributed by atoms with E-state index < -0.39 is 15.9 Å². The highest BCUT2D eigenvalue weighted by molar-refractivity contribution is 7.92. The van der Waals surface area contributed by atoms with Gasteiger partial charge in [-0.3, -0.25) is 14.4 Å². The maximum atomic E-state index is 13.5. The van der Waals surface area contributed by atoms with Crippen LogP contribution >= 0.6 is 11.3 Å². The van der Waals surface area contributed by atoms with Crippen molar-refractivity contribution < 1.29 is 13.2 Å². The van der Waals surface area contributed by atoms with Crippen molar-refractivity contribution in [1.82, 2.24) is 4.98 Å². The van der Waals surface area contributed by atoms with E-state index in [0.29, 0.717) is 17.2 Å². The molecule has 0 bridgehead atoms. The van der Waals surface area contributed by atoms with Crippen LogP contribution in [0.25, 0.3) is 10.2 Å². The largest absolute Gasteiger partial charge is 0.298 e. The number of nitrogens with one attached hydrogen (secondary N) is 1. The maximum Gasteiger partial charge on any atom is 0.264 e. The summed E-state index contributed by atoms with van der Waals surface area (Å²) in [5, 5.41) is 3.29. The highest BCUT2D eigenvalue weighted by atomic mass is 32.2. The summed E-state index contributed by atoms with van der Waals surface area (Å²) in [6.45, 7) is 3.86. The van der Waals surface area contributed by atoms with Gasteiger partial charge in [-0.1, -0.05) is 47.7 Å². The van der Waals surface area contributed by atoms with Gasteiger partial charge in [-0.25, -0.2) is 13.4 Å². The minimum Gasteiger partial charge on any atom is -0.298 e. The van der Waals surface area contributed by atoms with E-state index in [1.165, 1.54) is 27.8 Å². The van der Waals surface area contributed by atoms with Crippen LogP contribution in [0.1, 0.15) is 28.4 Å². The maximum absolute atomic E-state index is 13.5. The predicted octanol–water partition coefficient (Wildman–Crippen LogP) is 5.00. The Morgan fingerprint density at radius 1 is 1.09 bits per heavy atom.